The zero-order valence-corrected chi connectivity index (χ0v) is 11.1. The van der Waals surface area contributed by atoms with Gasteiger partial charge in [-0.25, -0.2) is 4.98 Å². The number of nitrogens with two attached hydrogens (primary N) is 1. The summed E-state index contributed by atoms with van der Waals surface area (Å²) in [5.41, 5.74) is 9.78. The van der Waals surface area contributed by atoms with Crippen molar-refractivity contribution in [3.63, 3.8) is 0 Å². The van der Waals surface area contributed by atoms with Gasteiger partial charge in [0.25, 0.3) is 0 Å². The molecule has 0 aliphatic rings. The molecule has 2 heterocycles. The molecule has 4 heteroatoms. The summed E-state index contributed by atoms with van der Waals surface area (Å²) in [4.78, 5) is 8.77. The molecule has 0 bridgehead atoms. The van der Waals surface area contributed by atoms with E-state index in [4.69, 9.17) is 5.73 Å². The highest BCUT2D eigenvalue weighted by Crippen LogP contribution is 2.24. The fourth-order valence-corrected chi connectivity index (χ4v) is 2.74. The quantitative estimate of drug-likeness (QED) is 0.740. The van der Waals surface area contributed by atoms with Gasteiger partial charge in [-0.15, -0.1) is 11.3 Å². The first-order chi connectivity index (χ1) is 9.31. The van der Waals surface area contributed by atoms with Crippen LogP contribution in [0.2, 0.25) is 0 Å². The van der Waals surface area contributed by atoms with Crippen molar-refractivity contribution in [2.24, 2.45) is 0 Å². The van der Waals surface area contributed by atoms with Gasteiger partial charge in [0.1, 0.15) is 0 Å². The molecule has 2 N–H and O–H groups in total. The number of hydrogen-bond acceptors (Lipinski definition) is 4. The van der Waals surface area contributed by atoms with Gasteiger partial charge in [0, 0.05) is 35.4 Å². The molecule has 0 radical (unpaired) electrons. The van der Waals surface area contributed by atoms with E-state index >= 15 is 0 Å². The number of nitrogen functional groups attached to an aromatic ring is 1. The van der Waals surface area contributed by atoms with E-state index in [-0.39, 0.29) is 0 Å². The highest BCUT2D eigenvalue weighted by molar-refractivity contribution is 7.10. The smallest absolute Gasteiger partial charge is 0.0977 e. The van der Waals surface area contributed by atoms with Crippen LogP contribution in [0.1, 0.15) is 10.6 Å². The lowest BCUT2D eigenvalue weighted by Gasteiger charge is -1.98. The highest BCUT2D eigenvalue weighted by Gasteiger charge is 2.05. The van der Waals surface area contributed by atoms with Crippen LogP contribution in [0.5, 0.6) is 0 Å². The lowest BCUT2D eigenvalue weighted by atomic mass is 10.1. The molecule has 19 heavy (non-hydrogen) atoms. The molecule has 0 unspecified atom stereocenters. The molecule has 0 amide bonds. The summed E-state index contributed by atoms with van der Waals surface area (Å²) in [5, 5.41) is 3.16. The van der Waals surface area contributed by atoms with E-state index in [2.05, 4.69) is 21.4 Å². The van der Waals surface area contributed by atoms with Crippen LogP contribution in [0, 0.1) is 0 Å². The summed E-state index contributed by atoms with van der Waals surface area (Å²) in [5.74, 6) is 0. The summed E-state index contributed by atoms with van der Waals surface area (Å²) in [6.07, 6.45) is 4.48. The van der Waals surface area contributed by atoms with Crippen LogP contribution in [0.4, 0.5) is 5.69 Å². The van der Waals surface area contributed by atoms with Crippen LogP contribution in [0.3, 0.4) is 0 Å². The third kappa shape index (κ3) is 2.80. The second kappa shape index (κ2) is 5.20. The summed E-state index contributed by atoms with van der Waals surface area (Å²) >= 11 is 1.67. The number of benzene rings is 1. The van der Waals surface area contributed by atoms with Gasteiger partial charge < -0.3 is 5.73 Å². The zero-order chi connectivity index (χ0) is 13.1. The predicted octanol–water partition coefficient (Wildman–Crippen LogP) is 3.38. The topological polar surface area (TPSA) is 51.8 Å². The van der Waals surface area contributed by atoms with E-state index in [9.17, 15) is 0 Å². The summed E-state index contributed by atoms with van der Waals surface area (Å²) < 4.78 is 0. The molecule has 94 valence electrons. The maximum absolute atomic E-state index is 5.79. The molecule has 0 saturated heterocycles. The largest absolute Gasteiger partial charge is 0.399 e. The Labute approximate surface area is 115 Å². The third-order valence-electron chi connectivity index (χ3n) is 2.81. The zero-order valence-electron chi connectivity index (χ0n) is 10.3. The number of anilines is 1. The first-order valence-electron chi connectivity index (χ1n) is 6.00. The molecule has 0 spiro atoms. The van der Waals surface area contributed by atoms with E-state index in [1.165, 1.54) is 5.56 Å². The minimum atomic E-state index is 0.763. The van der Waals surface area contributed by atoms with Crippen molar-refractivity contribution in [3.8, 4) is 11.3 Å². The van der Waals surface area contributed by atoms with Crippen molar-refractivity contribution in [1.29, 1.82) is 0 Å². The molecular formula is C15H13N3S. The number of aromatic nitrogens is 2. The fraction of sp³-hybridized carbons (Fsp3) is 0.0667. The molecular weight excluding hydrogens is 254 g/mol. The Morgan fingerprint density at radius 1 is 1.16 bits per heavy atom. The average Bonchev–Trinajstić information content (AvgIpc) is 2.88. The standard InChI is InChI=1S/C15H13N3S/c16-13-5-1-4-12(8-13)14-10-19-15(18-14)7-11-3-2-6-17-9-11/h1-6,8-10H,7,16H2. The monoisotopic (exact) mass is 267 g/mol. The Hall–Kier alpha value is -2.20. The van der Waals surface area contributed by atoms with Gasteiger partial charge in [0.15, 0.2) is 0 Å². The van der Waals surface area contributed by atoms with Gasteiger partial charge in [-0.2, -0.15) is 0 Å². The van der Waals surface area contributed by atoms with Gasteiger partial charge in [0.2, 0.25) is 0 Å². The molecule has 3 rings (SSSR count). The molecule has 0 fully saturated rings. The van der Waals surface area contributed by atoms with Crippen molar-refractivity contribution in [1.82, 2.24) is 9.97 Å². The summed E-state index contributed by atoms with van der Waals surface area (Å²) in [7, 11) is 0. The first kappa shape index (κ1) is 11.9. The third-order valence-corrected chi connectivity index (χ3v) is 3.66. The molecule has 0 aliphatic carbocycles. The van der Waals surface area contributed by atoms with Crippen molar-refractivity contribution < 1.29 is 0 Å². The van der Waals surface area contributed by atoms with E-state index in [1.54, 1.807) is 17.5 Å². The van der Waals surface area contributed by atoms with Gasteiger partial charge in [0.05, 0.1) is 10.7 Å². The lowest BCUT2D eigenvalue weighted by molar-refractivity contribution is 1.11. The van der Waals surface area contributed by atoms with E-state index in [1.807, 2.05) is 36.5 Å². The second-order valence-corrected chi connectivity index (χ2v) is 5.23. The molecule has 0 saturated carbocycles. The predicted molar refractivity (Wildman–Crippen MR) is 79.0 cm³/mol. The molecule has 3 aromatic rings. The maximum Gasteiger partial charge on any atom is 0.0977 e. The van der Waals surface area contributed by atoms with Gasteiger partial charge in [-0.05, 0) is 23.8 Å². The maximum atomic E-state index is 5.79. The molecule has 0 aliphatic heterocycles. The lowest BCUT2D eigenvalue weighted by Crippen LogP contribution is -1.89. The van der Waals surface area contributed by atoms with E-state index in [0.717, 1.165) is 28.4 Å². The Morgan fingerprint density at radius 3 is 2.89 bits per heavy atom. The summed E-state index contributed by atoms with van der Waals surface area (Å²) in [6.45, 7) is 0. The van der Waals surface area contributed by atoms with Crippen LogP contribution >= 0.6 is 11.3 Å². The average molecular weight is 267 g/mol. The second-order valence-electron chi connectivity index (χ2n) is 4.29. The van der Waals surface area contributed by atoms with Crippen LogP contribution in [0.15, 0.2) is 54.2 Å². The number of rotatable bonds is 3. The van der Waals surface area contributed by atoms with Gasteiger partial charge in [-0.3, -0.25) is 4.98 Å². The Balaban J connectivity index is 1.84. The molecule has 1 aromatic carbocycles. The summed E-state index contributed by atoms with van der Waals surface area (Å²) in [6, 6.07) is 11.8. The number of nitrogens with zero attached hydrogens (tertiary/aromatic N) is 2. The van der Waals surface area contributed by atoms with Crippen LogP contribution < -0.4 is 5.73 Å². The van der Waals surface area contributed by atoms with Crippen molar-refractivity contribution in [2.75, 3.05) is 5.73 Å². The number of thiazole rings is 1. The van der Waals surface area contributed by atoms with E-state index < -0.39 is 0 Å². The minimum absolute atomic E-state index is 0.763. The van der Waals surface area contributed by atoms with Crippen molar-refractivity contribution in [3.05, 3.63) is 64.7 Å². The van der Waals surface area contributed by atoms with Crippen molar-refractivity contribution in [2.45, 2.75) is 6.42 Å². The Bertz CT molecular complexity index is 677. The van der Waals surface area contributed by atoms with Gasteiger partial charge in [-0.1, -0.05) is 18.2 Å². The number of pyridine rings is 1. The fourth-order valence-electron chi connectivity index (χ4n) is 1.90. The number of hydrogen-bond donors (Lipinski definition) is 1. The van der Waals surface area contributed by atoms with Crippen molar-refractivity contribution >= 4 is 17.0 Å². The highest BCUT2D eigenvalue weighted by atomic mass is 32.1. The molecule has 2 aromatic heterocycles. The minimum Gasteiger partial charge on any atom is -0.399 e. The molecule has 0 atom stereocenters. The van der Waals surface area contributed by atoms with Gasteiger partial charge >= 0.3 is 0 Å². The normalized spacial score (nSPS) is 10.5. The van der Waals surface area contributed by atoms with Crippen LogP contribution in [0.25, 0.3) is 11.3 Å². The van der Waals surface area contributed by atoms with E-state index in [0.29, 0.717) is 0 Å². The SMILES string of the molecule is Nc1cccc(-c2csc(Cc3cccnc3)n2)c1. The van der Waals surface area contributed by atoms with Crippen LogP contribution in [-0.2, 0) is 6.42 Å². The molecule has 3 nitrogen and oxygen atoms in total. The van der Waals surface area contributed by atoms with Crippen LogP contribution in [-0.4, -0.2) is 9.97 Å². The first-order valence-corrected chi connectivity index (χ1v) is 6.88. The Morgan fingerprint density at radius 2 is 2.11 bits per heavy atom. The Kier molecular flexibility index (Phi) is 3.25.